The number of aromatic nitrogens is 2. The highest BCUT2D eigenvalue weighted by molar-refractivity contribution is 9.10. The van der Waals surface area contributed by atoms with Crippen molar-refractivity contribution in [2.45, 2.75) is 39.7 Å². The molecule has 0 spiro atoms. The highest BCUT2D eigenvalue weighted by Gasteiger charge is 2.26. The molecule has 3 rings (SSSR count). The number of halogens is 1. The number of nitrogens with zero attached hydrogens (tertiary/aromatic N) is 2. The molecule has 1 aliphatic heterocycles. The Hall–Kier alpha value is -1.09. The monoisotopic (exact) mass is 318 g/mol. The zero-order chi connectivity index (χ0) is 13.6. The Labute approximate surface area is 123 Å². The SMILES string of the molecule is Cc1nc2n(c1-c1ccc(Br)cc1)C(C)CC(C)C2. The number of hydrogen-bond donors (Lipinski definition) is 0. The van der Waals surface area contributed by atoms with Gasteiger partial charge in [0.05, 0.1) is 11.4 Å². The van der Waals surface area contributed by atoms with E-state index in [1.165, 1.54) is 23.5 Å². The second-order valence-electron chi connectivity index (χ2n) is 5.73. The van der Waals surface area contributed by atoms with E-state index in [1.54, 1.807) is 0 Å². The van der Waals surface area contributed by atoms with Gasteiger partial charge in [-0.15, -0.1) is 0 Å². The van der Waals surface area contributed by atoms with Gasteiger partial charge in [-0.3, -0.25) is 0 Å². The van der Waals surface area contributed by atoms with E-state index in [2.05, 4.69) is 65.5 Å². The average molecular weight is 319 g/mol. The molecule has 2 heterocycles. The molecule has 1 aliphatic rings. The lowest BCUT2D eigenvalue weighted by molar-refractivity contribution is 0.345. The molecule has 0 aliphatic carbocycles. The molecule has 3 heteroatoms. The molecule has 100 valence electrons. The number of aryl methyl sites for hydroxylation is 1. The molecule has 2 unspecified atom stereocenters. The molecular formula is C16H19BrN2. The van der Waals surface area contributed by atoms with E-state index in [9.17, 15) is 0 Å². The van der Waals surface area contributed by atoms with Crippen LogP contribution < -0.4 is 0 Å². The molecule has 0 saturated heterocycles. The van der Waals surface area contributed by atoms with Gasteiger partial charge in [-0.2, -0.15) is 0 Å². The van der Waals surface area contributed by atoms with Gasteiger partial charge in [0.1, 0.15) is 5.82 Å². The van der Waals surface area contributed by atoms with E-state index in [4.69, 9.17) is 4.98 Å². The highest BCUT2D eigenvalue weighted by atomic mass is 79.9. The Morgan fingerprint density at radius 1 is 1.21 bits per heavy atom. The molecule has 1 aromatic heterocycles. The maximum atomic E-state index is 4.80. The van der Waals surface area contributed by atoms with Crippen molar-refractivity contribution >= 4 is 15.9 Å². The number of benzene rings is 1. The van der Waals surface area contributed by atoms with Crippen molar-refractivity contribution in [3.63, 3.8) is 0 Å². The van der Waals surface area contributed by atoms with Crippen LogP contribution >= 0.6 is 15.9 Å². The van der Waals surface area contributed by atoms with E-state index in [1.807, 2.05) is 0 Å². The van der Waals surface area contributed by atoms with Crippen molar-refractivity contribution in [1.82, 2.24) is 9.55 Å². The van der Waals surface area contributed by atoms with Gasteiger partial charge >= 0.3 is 0 Å². The molecule has 0 amide bonds. The van der Waals surface area contributed by atoms with Gasteiger partial charge in [-0.1, -0.05) is 35.0 Å². The molecule has 2 atom stereocenters. The standard InChI is InChI=1S/C16H19BrN2/c1-10-8-11(2)19-15(9-10)18-12(3)16(19)13-4-6-14(17)7-5-13/h4-7,10-11H,8-9H2,1-3H3. The third kappa shape index (κ3) is 2.25. The third-order valence-electron chi connectivity index (χ3n) is 3.99. The lowest BCUT2D eigenvalue weighted by Gasteiger charge is -2.28. The largest absolute Gasteiger partial charge is 0.325 e. The normalized spacial score (nSPS) is 22.3. The molecule has 2 nitrogen and oxygen atoms in total. The van der Waals surface area contributed by atoms with Crippen molar-refractivity contribution in [3.8, 4) is 11.3 Å². The van der Waals surface area contributed by atoms with Crippen molar-refractivity contribution < 1.29 is 0 Å². The van der Waals surface area contributed by atoms with E-state index in [0.29, 0.717) is 6.04 Å². The molecular weight excluding hydrogens is 300 g/mol. The summed E-state index contributed by atoms with van der Waals surface area (Å²) in [7, 11) is 0. The van der Waals surface area contributed by atoms with E-state index < -0.39 is 0 Å². The van der Waals surface area contributed by atoms with Crippen LogP contribution in [0.5, 0.6) is 0 Å². The first-order chi connectivity index (χ1) is 9.06. The Morgan fingerprint density at radius 3 is 2.58 bits per heavy atom. The summed E-state index contributed by atoms with van der Waals surface area (Å²) in [5.74, 6) is 1.99. The fourth-order valence-corrected chi connectivity index (χ4v) is 3.53. The predicted octanol–water partition coefficient (Wildman–Crippen LogP) is 4.76. The van der Waals surface area contributed by atoms with Crippen LogP contribution in [0.15, 0.2) is 28.7 Å². The first-order valence-electron chi connectivity index (χ1n) is 6.90. The Kier molecular flexibility index (Phi) is 3.25. The van der Waals surface area contributed by atoms with Crippen LogP contribution in [0, 0.1) is 12.8 Å². The van der Waals surface area contributed by atoms with Crippen LogP contribution in [0.3, 0.4) is 0 Å². The Balaban J connectivity index is 2.14. The minimum absolute atomic E-state index is 0.540. The fraction of sp³-hybridized carbons (Fsp3) is 0.438. The first-order valence-corrected chi connectivity index (χ1v) is 7.69. The predicted molar refractivity (Wildman–Crippen MR) is 82.3 cm³/mol. The van der Waals surface area contributed by atoms with Gasteiger partial charge < -0.3 is 4.57 Å². The van der Waals surface area contributed by atoms with Crippen molar-refractivity contribution in [1.29, 1.82) is 0 Å². The highest BCUT2D eigenvalue weighted by Crippen LogP contribution is 2.36. The number of imidazole rings is 1. The zero-order valence-corrected chi connectivity index (χ0v) is 13.2. The smallest absolute Gasteiger partial charge is 0.109 e. The summed E-state index contributed by atoms with van der Waals surface area (Å²) in [6, 6.07) is 9.09. The second kappa shape index (κ2) is 4.78. The summed E-state index contributed by atoms with van der Waals surface area (Å²) in [5.41, 5.74) is 3.71. The van der Waals surface area contributed by atoms with Gasteiger partial charge in [-0.25, -0.2) is 4.98 Å². The van der Waals surface area contributed by atoms with Crippen LogP contribution in [0.1, 0.15) is 37.8 Å². The maximum Gasteiger partial charge on any atom is 0.109 e. The van der Waals surface area contributed by atoms with E-state index >= 15 is 0 Å². The molecule has 0 radical (unpaired) electrons. The van der Waals surface area contributed by atoms with Gasteiger partial charge in [0.25, 0.3) is 0 Å². The minimum Gasteiger partial charge on any atom is -0.325 e. The molecule has 0 fully saturated rings. The number of fused-ring (bicyclic) bond motifs is 1. The lowest BCUT2D eigenvalue weighted by Crippen LogP contribution is -2.21. The van der Waals surface area contributed by atoms with Gasteiger partial charge in [0.15, 0.2) is 0 Å². The van der Waals surface area contributed by atoms with Gasteiger partial charge in [0, 0.05) is 22.5 Å². The Morgan fingerprint density at radius 2 is 1.89 bits per heavy atom. The van der Waals surface area contributed by atoms with E-state index in [0.717, 1.165) is 22.5 Å². The lowest BCUT2D eigenvalue weighted by atomic mass is 9.94. The summed E-state index contributed by atoms with van der Waals surface area (Å²) in [4.78, 5) is 4.80. The quantitative estimate of drug-likeness (QED) is 0.741. The van der Waals surface area contributed by atoms with Gasteiger partial charge in [0.2, 0.25) is 0 Å². The summed E-state index contributed by atoms with van der Waals surface area (Å²) >= 11 is 3.50. The first kappa shape index (κ1) is 12.9. The van der Waals surface area contributed by atoms with Crippen molar-refractivity contribution in [2.24, 2.45) is 5.92 Å². The molecule has 0 saturated carbocycles. The number of rotatable bonds is 1. The topological polar surface area (TPSA) is 17.8 Å². The van der Waals surface area contributed by atoms with Crippen LogP contribution in [0.4, 0.5) is 0 Å². The zero-order valence-electron chi connectivity index (χ0n) is 11.7. The van der Waals surface area contributed by atoms with Crippen LogP contribution in [0.25, 0.3) is 11.3 Å². The summed E-state index contributed by atoms with van der Waals surface area (Å²) in [5, 5.41) is 0. The fourth-order valence-electron chi connectivity index (χ4n) is 3.26. The summed E-state index contributed by atoms with van der Waals surface area (Å²) in [6.07, 6.45) is 2.34. The summed E-state index contributed by atoms with van der Waals surface area (Å²) in [6.45, 7) is 6.76. The van der Waals surface area contributed by atoms with Crippen molar-refractivity contribution in [2.75, 3.05) is 0 Å². The summed E-state index contributed by atoms with van der Waals surface area (Å²) < 4.78 is 3.56. The van der Waals surface area contributed by atoms with Crippen LogP contribution in [0.2, 0.25) is 0 Å². The molecule has 0 N–H and O–H groups in total. The third-order valence-corrected chi connectivity index (χ3v) is 4.52. The van der Waals surface area contributed by atoms with Crippen molar-refractivity contribution in [3.05, 3.63) is 40.3 Å². The molecule has 1 aromatic carbocycles. The maximum absolute atomic E-state index is 4.80. The number of hydrogen-bond acceptors (Lipinski definition) is 1. The van der Waals surface area contributed by atoms with Crippen LogP contribution in [-0.4, -0.2) is 9.55 Å². The Bertz CT molecular complexity index is 598. The second-order valence-corrected chi connectivity index (χ2v) is 6.65. The minimum atomic E-state index is 0.540. The molecule has 19 heavy (non-hydrogen) atoms. The van der Waals surface area contributed by atoms with E-state index in [-0.39, 0.29) is 0 Å². The molecule has 2 aromatic rings. The average Bonchev–Trinajstić information content (AvgIpc) is 2.66. The van der Waals surface area contributed by atoms with Gasteiger partial charge in [-0.05, 0) is 38.3 Å². The van der Waals surface area contributed by atoms with Crippen LogP contribution in [-0.2, 0) is 6.42 Å². The molecule has 0 bridgehead atoms.